The Morgan fingerprint density at radius 3 is 2.71 bits per heavy atom. The number of rotatable bonds is 3. The lowest BCUT2D eigenvalue weighted by atomic mass is 9.84. The lowest BCUT2D eigenvalue weighted by Crippen LogP contribution is -2.45. The van der Waals surface area contributed by atoms with Gasteiger partial charge >= 0.3 is 0 Å². The molecule has 2 bridgehead atoms. The summed E-state index contributed by atoms with van der Waals surface area (Å²) in [4.78, 5) is 11.8. The van der Waals surface area contributed by atoms with Crippen LogP contribution in [-0.2, 0) is 4.79 Å². The van der Waals surface area contributed by atoms with Gasteiger partial charge in [0.15, 0.2) is 0 Å². The molecule has 0 aromatic rings. The summed E-state index contributed by atoms with van der Waals surface area (Å²) in [5.41, 5.74) is 6.08. The van der Waals surface area contributed by atoms with Crippen LogP contribution in [0, 0.1) is 17.8 Å². The molecule has 2 aliphatic carbocycles. The number of hydrogen-bond donors (Lipinski definition) is 2. The molecule has 2 fully saturated rings. The average molecular weight is 196 g/mol. The molecule has 0 saturated heterocycles. The minimum Gasteiger partial charge on any atom is -0.356 e. The van der Waals surface area contributed by atoms with Crippen LogP contribution < -0.4 is 11.1 Å². The maximum absolute atomic E-state index is 11.8. The molecule has 2 rings (SSSR count). The number of hydrogen-bond acceptors (Lipinski definition) is 2. The van der Waals surface area contributed by atoms with Crippen molar-refractivity contribution in [2.75, 3.05) is 6.54 Å². The van der Waals surface area contributed by atoms with Gasteiger partial charge < -0.3 is 11.1 Å². The van der Waals surface area contributed by atoms with E-state index in [2.05, 4.69) is 12.2 Å². The number of amides is 1. The fourth-order valence-corrected chi connectivity index (χ4v) is 3.09. The van der Waals surface area contributed by atoms with Crippen LogP contribution in [0.2, 0.25) is 0 Å². The molecule has 1 amide bonds. The molecule has 4 atom stereocenters. The van der Waals surface area contributed by atoms with Crippen LogP contribution in [0.15, 0.2) is 0 Å². The van der Waals surface area contributed by atoms with Gasteiger partial charge in [-0.3, -0.25) is 4.79 Å². The number of nitrogens with one attached hydrogen (secondary N) is 1. The first-order valence-electron chi connectivity index (χ1n) is 5.77. The molecule has 0 aromatic heterocycles. The van der Waals surface area contributed by atoms with Crippen molar-refractivity contribution in [2.24, 2.45) is 23.5 Å². The van der Waals surface area contributed by atoms with E-state index in [4.69, 9.17) is 5.73 Å². The largest absolute Gasteiger partial charge is 0.356 e. The predicted octanol–water partition coefficient (Wildman–Crippen LogP) is 0.886. The summed E-state index contributed by atoms with van der Waals surface area (Å²) in [5, 5.41) is 2.97. The monoisotopic (exact) mass is 196 g/mol. The Morgan fingerprint density at radius 2 is 2.14 bits per heavy atom. The van der Waals surface area contributed by atoms with Crippen LogP contribution in [0.3, 0.4) is 0 Å². The van der Waals surface area contributed by atoms with Crippen LogP contribution in [-0.4, -0.2) is 18.5 Å². The third-order valence-corrected chi connectivity index (χ3v) is 3.83. The molecule has 0 spiro atoms. The molecular formula is C11H20N2O. The maximum Gasteiger partial charge on any atom is 0.224 e. The highest BCUT2D eigenvalue weighted by atomic mass is 16.1. The third kappa shape index (κ3) is 1.54. The Balaban J connectivity index is 1.94. The molecular weight excluding hydrogens is 176 g/mol. The Morgan fingerprint density at radius 1 is 1.43 bits per heavy atom. The van der Waals surface area contributed by atoms with Crippen molar-refractivity contribution in [3.8, 4) is 0 Å². The van der Waals surface area contributed by atoms with Crippen molar-refractivity contribution < 1.29 is 4.79 Å². The van der Waals surface area contributed by atoms with Crippen LogP contribution in [0.4, 0.5) is 0 Å². The molecule has 2 saturated carbocycles. The normalized spacial score (nSPS) is 40.1. The van der Waals surface area contributed by atoms with Gasteiger partial charge in [-0.2, -0.15) is 0 Å². The van der Waals surface area contributed by atoms with Crippen molar-refractivity contribution in [3.05, 3.63) is 0 Å². The first-order chi connectivity index (χ1) is 6.74. The molecule has 14 heavy (non-hydrogen) atoms. The molecule has 0 heterocycles. The second-order valence-corrected chi connectivity index (χ2v) is 4.73. The highest BCUT2D eigenvalue weighted by Gasteiger charge is 2.48. The molecule has 3 heteroatoms. The van der Waals surface area contributed by atoms with Crippen molar-refractivity contribution >= 4 is 5.91 Å². The summed E-state index contributed by atoms with van der Waals surface area (Å²) < 4.78 is 0. The van der Waals surface area contributed by atoms with E-state index in [0.717, 1.165) is 13.0 Å². The van der Waals surface area contributed by atoms with Gasteiger partial charge in [0.1, 0.15) is 0 Å². The molecule has 4 unspecified atom stereocenters. The van der Waals surface area contributed by atoms with E-state index in [1.54, 1.807) is 0 Å². The van der Waals surface area contributed by atoms with Crippen LogP contribution >= 0.6 is 0 Å². The van der Waals surface area contributed by atoms with Crippen molar-refractivity contribution in [1.29, 1.82) is 0 Å². The zero-order valence-electron chi connectivity index (χ0n) is 8.83. The zero-order chi connectivity index (χ0) is 10.1. The average Bonchev–Trinajstić information content (AvgIpc) is 2.74. The molecule has 3 nitrogen and oxygen atoms in total. The fourth-order valence-electron chi connectivity index (χ4n) is 3.09. The molecule has 0 aliphatic heterocycles. The quantitative estimate of drug-likeness (QED) is 0.704. The van der Waals surface area contributed by atoms with Gasteiger partial charge in [0.05, 0.1) is 5.92 Å². The highest BCUT2D eigenvalue weighted by molar-refractivity contribution is 5.80. The van der Waals surface area contributed by atoms with Crippen LogP contribution in [0.1, 0.15) is 32.6 Å². The Labute approximate surface area is 85.4 Å². The summed E-state index contributed by atoms with van der Waals surface area (Å²) >= 11 is 0. The summed E-state index contributed by atoms with van der Waals surface area (Å²) in [7, 11) is 0. The second-order valence-electron chi connectivity index (χ2n) is 4.73. The summed E-state index contributed by atoms with van der Waals surface area (Å²) in [5.74, 6) is 1.51. The van der Waals surface area contributed by atoms with E-state index < -0.39 is 0 Å². The van der Waals surface area contributed by atoms with Gasteiger partial charge in [-0.05, 0) is 37.5 Å². The van der Waals surface area contributed by atoms with Gasteiger partial charge in [0, 0.05) is 12.6 Å². The predicted molar refractivity (Wildman–Crippen MR) is 55.6 cm³/mol. The van der Waals surface area contributed by atoms with E-state index in [0.29, 0.717) is 11.8 Å². The van der Waals surface area contributed by atoms with Crippen molar-refractivity contribution in [3.63, 3.8) is 0 Å². The first-order valence-corrected chi connectivity index (χ1v) is 5.77. The van der Waals surface area contributed by atoms with E-state index in [1.807, 2.05) is 0 Å². The van der Waals surface area contributed by atoms with Gasteiger partial charge in [0.2, 0.25) is 5.91 Å². The van der Waals surface area contributed by atoms with E-state index in [1.165, 1.54) is 19.3 Å². The SMILES string of the molecule is CCCNC(=O)C1C2CCC(C2)C1N. The van der Waals surface area contributed by atoms with E-state index in [-0.39, 0.29) is 17.9 Å². The van der Waals surface area contributed by atoms with Crippen molar-refractivity contribution in [2.45, 2.75) is 38.6 Å². The first kappa shape index (κ1) is 9.97. The number of fused-ring (bicyclic) bond motifs is 2. The minimum absolute atomic E-state index is 0.111. The summed E-state index contributed by atoms with van der Waals surface area (Å²) in [6.45, 7) is 2.86. The fraction of sp³-hybridized carbons (Fsp3) is 0.909. The second kappa shape index (κ2) is 3.89. The molecule has 3 N–H and O–H groups in total. The van der Waals surface area contributed by atoms with Crippen LogP contribution in [0.25, 0.3) is 0 Å². The van der Waals surface area contributed by atoms with Crippen LogP contribution in [0.5, 0.6) is 0 Å². The molecule has 80 valence electrons. The van der Waals surface area contributed by atoms with E-state index >= 15 is 0 Å². The summed E-state index contributed by atoms with van der Waals surface area (Å²) in [6.07, 6.45) is 4.64. The Hall–Kier alpha value is -0.570. The number of carbonyl (C=O) groups excluding carboxylic acids is 1. The van der Waals surface area contributed by atoms with E-state index in [9.17, 15) is 4.79 Å². The van der Waals surface area contributed by atoms with Gasteiger partial charge in [-0.1, -0.05) is 6.92 Å². The lowest BCUT2D eigenvalue weighted by molar-refractivity contribution is -0.127. The van der Waals surface area contributed by atoms with Gasteiger partial charge in [0.25, 0.3) is 0 Å². The van der Waals surface area contributed by atoms with Gasteiger partial charge in [-0.25, -0.2) is 0 Å². The highest BCUT2D eigenvalue weighted by Crippen LogP contribution is 2.47. The summed E-state index contributed by atoms with van der Waals surface area (Å²) in [6, 6.07) is 0.130. The number of carbonyl (C=O) groups is 1. The Bertz CT molecular complexity index is 227. The standard InChI is InChI=1S/C11H20N2O/c1-2-5-13-11(14)9-7-3-4-8(6-7)10(9)12/h7-10H,2-6,12H2,1H3,(H,13,14). The lowest BCUT2D eigenvalue weighted by Gasteiger charge is -2.26. The van der Waals surface area contributed by atoms with Crippen molar-refractivity contribution in [1.82, 2.24) is 5.32 Å². The molecule has 2 aliphatic rings. The topological polar surface area (TPSA) is 55.1 Å². The van der Waals surface area contributed by atoms with Gasteiger partial charge in [-0.15, -0.1) is 0 Å². The third-order valence-electron chi connectivity index (χ3n) is 3.83. The Kier molecular flexibility index (Phi) is 2.77. The maximum atomic E-state index is 11.8. The smallest absolute Gasteiger partial charge is 0.224 e. The zero-order valence-corrected chi connectivity index (χ0v) is 8.83. The number of nitrogens with two attached hydrogens (primary N) is 1. The molecule has 0 aromatic carbocycles. The molecule has 0 radical (unpaired) electrons. The minimum atomic E-state index is 0.111.